The van der Waals surface area contributed by atoms with E-state index in [-0.39, 0.29) is 5.95 Å². The zero-order valence-electron chi connectivity index (χ0n) is 15.0. The van der Waals surface area contributed by atoms with Crippen molar-refractivity contribution in [2.75, 3.05) is 6.26 Å². The highest BCUT2D eigenvalue weighted by Crippen LogP contribution is 2.31. The van der Waals surface area contributed by atoms with Gasteiger partial charge in [-0.25, -0.2) is 0 Å². The molecule has 4 rings (SSSR count). The van der Waals surface area contributed by atoms with Crippen molar-refractivity contribution in [2.45, 2.75) is 11.4 Å². The molecule has 0 aliphatic heterocycles. The second-order valence-electron chi connectivity index (χ2n) is 6.21. The van der Waals surface area contributed by atoms with Crippen molar-refractivity contribution in [2.24, 2.45) is 0 Å². The Kier molecular flexibility index (Phi) is 4.99. The second kappa shape index (κ2) is 7.72. The van der Waals surface area contributed by atoms with Gasteiger partial charge in [-0.05, 0) is 42.7 Å². The molecule has 4 heteroatoms. The summed E-state index contributed by atoms with van der Waals surface area (Å²) in [6.07, 6.45) is 2.04. The molecule has 3 aromatic carbocycles. The Hall–Kier alpha value is -2.98. The standard InChI is InChI=1S/C23H19NO2S/c1-27-20-14-12-18(13-15-20)21-23(25)26-22(19-10-6-3-7-11-19)24(21)16-17-8-4-2-5-9-17/h2-15H,16H2,1H3. The van der Waals surface area contributed by atoms with Crippen molar-refractivity contribution in [3.05, 3.63) is 90.5 Å². The third-order valence-electron chi connectivity index (χ3n) is 4.47. The third-order valence-corrected chi connectivity index (χ3v) is 5.21. The van der Waals surface area contributed by atoms with E-state index in [1.54, 1.807) is 11.8 Å². The number of oxazole rings is 1. The number of thioether (sulfide) groups is 1. The second-order valence-corrected chi connectivity index (χ2v) is 7.09. The van der Waals surface area contributed by atoms with Gasteiger partial charge in [0, 0.05) is 16.0 Å². The molecule has 0 bridgehead atoms. The Morgan fingerprint density at radius 2 is 1.44 bits per heavy atom. The average Bonchev–Trinajstić information content (AvgIpc) is 3.05. The minimum atomic E-state index is -0.318. The smallest absolute Gasteiger partial charge is 0.270 e. The van der Waals surface area contributed by atoms with Crippen LogP contribution in [-0.2, 0) is 6.54 Å². The summed E-state index contributed by atoms with van der Waals surface area (Å²) in [5.74, 6) is 0.259. The molecule has 0 fully saturated rings. The lowest BCUT2D eigenvalue weighted by Gasteiger charge is -2.05. The number of benzene rings is 3. The van der Waals surface area contributed by atoms with Crippen LogP contribution in [0.4, 0.5) is 0 Å². The van der Waals surface area contributed by atoms with E-state index in [0.29, 0.717) is 18.1 Å². The molecule has 27 heavy (non-hydrogen) atoms. The van der Waals surface area contributed by atoms with Crippen molar-refractivity contribution < 1.29 is 14.1 Å². The number of hydrogen-bond acceptors (Lipinski definition) is 3. The Morgan fingerprint density at radius 3 is 2.07 bits per heavy atom. The molecule has 0 saturated carbocycles. The van der Waals surface area contributed by atoms with Crippen LogP contribution in [0.25, 0.3) is 22.7 Å². The van der Waals surface area contributed by atoms with Gasteiger partial charge >= 0.3 is 0 Å². The predicted molar refractivity (Wildman–Crippen MR) is 107 cm³/mol. The van der Waals surface area contributed by atoms with E-state index in [1.807, 2.05) is 83.6 Å². The van der Waals surface area contributed by atoms with Crippen LogP contribution < -0.4 is 9.67 Å². The number of aromatic nitrogens is 1. The van der Waals surface area contributed by atoms with Crippen molar-refractivity contribution >= 4 is 11.8 Å². The SMILES string of the molecule is CSc1ccc(-c2c([O-])oc(-c3ccccc3)[n+]2Cc2ccccc2)cc1. The maximum Gasteiger partial charge on any atom is 0.270 e. The summed E-state index contributed by atoms with van der Waals surface area (Å²) in [5.41, 5.74) is 3.44. The topological polar surface area (TPSA) is 40.1 Å². The minimum Gasteiger partial charge on any atom is -0.540 e. The average molecular weight is 373 g/mol. The molecule has 0 saturated heterocycles. The van der Waals surface area contributed by atoms with Crippen LogP contribution in [0.5, 0.6) is 5.95 Å². The highest BCUT2D eigenvalue weighted by molar-refractivity contribution is 7.98. The molecule has 0 spiro atoms. The largest absolute Gasteiger partial charge is 0.540 e. The first-order valence-electron chi connectivity index (χ1n) is 8.73. The van der Waals surface area contributed by atoms with Gasteiger partial charge in [-0.15, -0.1) is 11.8 Å². The molecule has 1 aromatic heterocycles. The molecular formula is C23H19NO2S. The van der Waals surface area contributed by atoms with E-state index < -0.39 is 0 Å². The van der Waals surface area contributed by atoms with Crippen molar-refractivity contribution in [3.8, 4) is 28.7 Å². The van der Waals surface area contributed by atoms with Gasteiger partial charge in [0.1, 0.15) is 5.95 Å². The van der Waals surface area contributed by atoms with E-state index >= 15 is 0 Å². The fourth-order valence-electron chi connectivity index (χ4n) is 3.14. The minimum absolute atomic E-state index is 0.318. The molecule has 4 aromatic rings. The van der Waals surface area contributed by atoms with Crippen LogP contribution in [0.2, 0.25) is 0 Å². The molecule has 3 nitrogen and oxygen atoms in total. The van der Waals surface area contributed by atoms with E-state index in [9.17, 15) is 5.11 Å². The van der Waals surface area contributed by atoms with Gasteiger partial charge in [0.15, 0.2) is 6.54 Å². The van der Waals surface area contributed by atoms with Gasteiger partial charge in [0.25, 0.3) is 5.89 Å². The fraction of sp³-hybridized carbons (Fsp3) is 0.0870. The molecule has 0 N–H and O–H groups in total. The molecule has 134 valence electrons. The molecular weight excluding hydrogens is 354 g/mol. The quantitative estimate of drug-likeness (QED) is 0.375. The van der Waals surface area contributed by atoms with Crippen LogP contribution in [0, 0.1) is 0 Å². The highest BCUT2D eigenvalue weighted by atomic mass is 32.2. The first kappa shape index (κ1) is 17.4. The Morgan fingerprint density at radius 1 is 0.815 bits per heavy atom. The van der Waals surface area contributed by atoms with Gasteiger partial charge in [-0.1, -0.05) is 48.5 Å². The molecule has 0 aliphatic rings. The van der Waals surface area contributed by atoms with Crippen molar-refractivity contribution in [1.82, 2.24) is 0 Å². The third kappa shape index (κ3) is 3.62. The van der Waals surface area contributed by atoms with E-state index in [2.05, 4.69) is 12.1 Å². The molecule has 0 radical (unpaired) electrons. The van der Waals surface area contributed by atoms with Gasteiger partial charge in [-0.2, -0.15) is 4.57 Å². The van der Waals surface area contributed by atoms with Crippen molar-refractivity contribution in [3.63, 3.8) is 0 Å². The normalized spacial score (nSPS) is 10.9. The number of rotatable bonds is 5. The molecule has 0 unspecified atom stereocenters. The van der Waals surface area contributed by atoms with Crippen LogP contribution in [0.15, 0.2) is 94.2 Å². The zero-order valence-corrected chi connectivity index (χ0v) is 15.8. The summed E-state index contributed by atoms with van der Waals surface area (Å²) in [6, 6.07) is 27.9. The predicted octanol–water partition coefficient (Wildman–Crippen LogP) is 4.74. The number of hydrogen-bond donors (Lipinski definition) is 0. The first-order chi connectivity index (χ1) is 13.3. The maximum absolute atomic E-state index is 12.8. The van der Waals surface area contributed by atoms with E-state index in [1.165, 1.54) is 0 Å². The Bertz CT molecular complexity index is 1030. The van der Waals surface area contributed by atoms with E-state index in [4.69, 9.17) is 4.42 Å². The zero-order chi connectivity index (χ0) is 18.6. The summed E-state index contributed by atoms with van der Waals surface area (Å²) in [7, 11) is 0. The van der Waals surface area contributed by atoms with E-state index in [0.717, 1.165) is 21.6 Å². The first-order valence-corrected chi connectivity index (χ1v) is 9.96. The van der Waals surface area contributed by atoms with Crippen LogP contribution in [0.3, 0.4) is 0 Å². The van der Waals surface area contributed by atoms with Crippen LogP contribution in [0.1, 0.15) is 5.56 Å². The fourth-order valence-corrected chi connectivity index (χ4v) is 3.55. The molecule has 1 heterocycles. The summed E-state index contributed by atoms with van der Waals surface area (Å²) in [4.78, 5) is 1.16. The summed E-state index contributed by atoms with van der Waals surface area (Å²) in [5, 5.41) is 12.8. The van der Waals surface area contributed by atoms with Gasteiger partial charge in [0.05, 0.1) is 5.56 Å². The van der Waals surface area contributed by atoms with Crippen molar-refractivity contribution in [1.29, 1.82) is 0 Å². The summed E-state index contributed by atoms with van der Waals surface area (Å²) in [6.45, 7) is 0.566. The van der Waals surface area contributed by atoms with Gasteiger partial charge < -0.3 is 9.52 Å². The summed E-state index contributed by atoms with van der Waals surface area (Å²) < 4.78 is 7.69. The number of nitrogens with zero attached hydrogens (tertiary/aromatic N) is 1. The van der Waals surface area contributed by atoms with Gasteiger partial charge in [-0.3, -0.25) is 0 Å². The van der Waals surface area contributed by atoms with Gasteiger partial charge in [0.2, 0.25) is 5.69 Å². The van der Waals surface area contributed by atoms with Crippen LogP contribution in [-0.4, -0.2) is 6.26 Å². The Balaban J connectivity index is 1.87. The molecule has 0 aliphatic carbocycles. The lowest BCUT2D eigenvalue weighted by atomic mass is 10.1. The lowest BCUT2D eigenvalue weighted by molar-refractivity contribution is -0.669. The Labute approximate surface area is 162 Å². The lowest BCUT2D eigenvalue weighted by Crippen LogP contribution is -2.37. The maximum atomic E-state index is 12.8. The molecule has 0 amide bonds. The monoisotopic (exact) mass is 373 g/mol. The van der Waals surface area contributed by atoms with Crippen LogP contribution >= 0.6 is 11.8 Å². The highest BCUT2D eigenvalue weighted by Gasteiger charge is 2.24. The summed E-state index contributed by atoms with van der Waals surface area (Å²) >= 11 is 1.68. The molecule has 0 atom stereocenters.